The summed E-state index contributed by atoms with van der Waals surface area (Å²) in [5.41, 5.74) is 2.67. The van der Waals surface area contributed by atoms with Crippen molar-refractivity contribution in [2.24, 2.45) is 0 Å². The van der Waals surface area contributed by atoms with Crippen LogP contribution in [0.5, 0.6) is 5.75 Å². The number of pyridine rings is 1. The van der Waals surface area contributed by atoms with E-state index in [9.17, 15) is 10.4 Å². The number of hydrogen-bond donors (Lipinski definition) is 1. The Balaban J connectivity index is 0.00000124. The molecule has 0 amide bonds. The number of methoxy groups -OCH3 is 1. The highest BCUT2D eigenvalue weighted by molar-refractivity contribution is 5.89. The van der Waals surface area contributed by atoms with E-state index in [4.69, 9.17) is 9.47 Å². The van der Waals surface area contributed by atoms with Crippen LogP contribution in [0.2, 0.25) is 0 Å². The molecule has 0 radical (unpaired) electrons. The average Bonchev–Trinajstić information content (AvgIpc) is 2.84. The Morgan fingerprint density at radius 3 is 2.57 bits per heavy atom. The highest BCUT2D eigenvalue weighted by atomic mass is 16.5. The van der Waals surface area contributed by atoms with Crippen LogP contribution in [0.1, 0.15) is 25.2 Å². The maximum Gasteiger partial charge on any atom is 0.236 e. The highest BCUT2D eigenvalue weighted by Crippen LogP contribution is 2.29. The Hall–Kier alpha value is -3.28. The minimum absolute atomic E-state index is 0.0874. The topological polar surface area (TPSA) is 104 Å². The van der Waals surface area contributed by atoms with Crippen LogP contribution in [0.25, 0.3) is 22.3 Å². The molecule has 0 saturated carbocycles. The van der Waals surface area contributed by atoms with Gasteiger partial charge in [0.15, 0.2) is 5.65 Å². The molecule has 1 saturated heterocycles. The van der Waals surface area contributed by atoms with Crippen LogP contribution >= 0.6 is 0 Å². The Kier molecular flexibility index (Phi) is 7.12. The summed E-state index contributed by atoms with van der Waals surface area (Å²) in [4.78, 5) is 15.4. The minimum Gasteiger partial charge on any atom is -0.496 e. The van der Waals surface area contributed by atoms with Gasteiger partial charge in [-0.1, -0.05) is 13.8 Å². The SMILES string of the molecule is CC.COc1ccc(-c2ccc3c(N4CCOCC4)nc(C#N)nc3n2)cc1CO. The second kappa shape index (κ2) is 9.96. The van der Waals surface area contributed by atoms with Crippen LogP contribution in [0.15, 0.2) is 30.3 Å². The second-order valence-electron chi connectivity index (χ2n) is 6.33. The third-order valence-electron chi connectivity index (χ3n) is 4.70. The molecular formula is C22H25N5O3. The van der Waals surface area contributed by atoms with Gasteiger partial charge in [-0.3, -0.25) is 0 Å². The molecular weight excluding hydrogens is 382 g/mol. The predicted molar refractivity (Wildman–Crippen MR) is 114 cm³/mol. The quantitative estimate of drug-likeness (QED) is 0.704. The lowest BCUT2D eigenvalue weighted by Gasteiger charge is -2.28. The van der Waals surface area contributed by atoms with Gasteiger partial charge in [0.25, 0.3) is 0 Å². The molecule has 0 bridgehead atoms. The summed E-state index contributed by atoms with van der Waals surface area (Å²) in [5, 5.41) is 19.7. The van der Waals surface area contributed by atoms with Gasteiger partial charge in [0.05, 0.1) is 38.0 Å². The third kappa shape index (κ3) is 4.32. The number of fused-ring (bicyclic) bond motifs is 1. The molecule has 0 aliphatic carbocycles. The number of nitrogens with zero attached hydrogens (tertiary/aromatic N) is 5. The van der Waals surface area contributed by atoms with Gasteiger partial charge < -0.3 is 19.5 Å². The van der Waals surface area contributed by atoms with Crippen LogP contribution in [0.4, 0.5) is 5.82 Å². The van der Waals surface area contributed by atoms with Crippen LogP contribution in [-0.4, -0.2) is 53.5 Å². The van der Waals surface area contributed by atoms with E-state index in [2.05, 4.69) is 19.9 Å². The van der Waals surface area contributed by atoms with Crippen LogP contribution in [-0.2, 0) is 11.3 Å². The van der Waals surface area contributed by atoms with Crippen molar-refractivity contribution in [3.63, 3.8) is 0 Å². The number of aliphatic hydroxyl groups is 1. The van der Waals surface area contributed by atoms with E-state index in [0.717, 1.165) is 10.9 Å². The number of hydrogen-bond acceptors (Lipinski definition) is 8. The smallest absolute Gasteiger partial charge is 0.236 e. The first-order valence-electron chi connectivity index (χ1n) is 9.93. The summed E-state index contributed by atoms with van der Waals surface area (Å²) >= 11 is 0. The molecule has 1 fully saturated rings. The van der Waals surface area contributed by atoms with Crippen molar-refractivity contribution in [1.29, 1.82) is 5.26 Å². The summed E-state index contributed by atoms with van der Waals surface area (Å²) < 4.78 is 10.7. The van der Waals surface area contributed by atoms with Gasteiger partial charge in [0.1, 0.15) is 17.6 Å². The second-order valence-corrected chi connectivity index (χ2v) is 6.33. The molecule has 0 atom stereocenters. The van der Waals surface area contributed by atoms with E-state index in [1.165, 1.54) is 0 Å². The van der Waals surface area contributed by atoms with Crippen molar-refractivity contribution in [2.75, 3.05) is 38.3 Å². The van der Waals surface area contributed by atoms with Crippen molar-refractivity contribution in [3.05, 3.63) is 41.7 Å². The molecule has 3 aromatic rings. The van der Waals surface area contributed by atoms with Crippen molar-refractivity contribution in [1.82, 2.24) is 15.0 Å². The van der Waals surface area contributed by atoms with Gasteiger partial charge in [-0.25, -0.2) is 9.97 Å². The molecule has 1 N–H and O–H groups in total. The monoisotopic (exact) mass is 407 g/mol. The maximum atomic E-state index is 9.57. The van der Waals surface area contributed by atoms with Crippen LogP contribution < -0.4 is 9.64 Å². The molecule has 0 spiro atoms. The standard InChI is InChI=1S/C20H19N5O3.C2H6/c1-27-17-5-2-13(10-14(17)12-26)16-4-3-15-19(22-16)23-18(11-21)24-20(15)25-6-8-28-9-7-25;1-2/h2-5,10,26H,6-9,12H2,1H3;1-2H3. The zero-order chi connectivity index (χ0) is 21.5. The normalized spacial score (nSPS) is 13.4. The first kappa shape index (κ1) is 21.4. The Morgan fingerprint density at radius 1 is 1.13 bits per heavy atom. The van der Waals surface area contributed by atoms with Gasteiger partial charge in [0.2, 0.25) is 5.82 Å². The lowest BCUT2D eigenvalue weighted by atomic mass is 10.1. The Labute approximate surface area is 175 Å². The zero-order valence-corrected chi connectivity index (χ0v) is 17.4. The van der Waals surface area contributed by atoms with Crippen molar-refractivity contribution in [2.45, 2.75) is 20.5 Å². The van der Waals surface area contributed by atoms with Crippen LogP contribution in [0, 0.1) is 11.3 Å². The fraction of sp³-hybridized carbons (Fsp3) is 0.364. The molecule has 4 rings (SSSR count). The summed E-state index contributed by atoms with van der Waals surface area (Å²) in [7, 11) is 1.57. The third-order valence-corrected chi connectivity index (χ3v) is 4.70. The first-order valence-corrected chi connectivity index (χ1v) is 9.93. The molecule has 8 nitrogen and oxygen atoms in total. The number of aliphatic hydroxyl groups excluding tert-OH is 1. The molecule has 30 heavy (non-hydrogen) atoms. The predicted octanol–water partition coefficient (Wildman–Crippen LogP) is 2.93. The summed E-state index contributed by atoms with van der Waals surface area (Å²) in [6.45, 7) is 6.52. The summed E-state index contributed by atoms with van der Waals surface area (Å²) in [6, 6.07) is 11.3. The molecule has 156 valence electrons. The van der Waals surface area contributed by atoms with E-state index in [-0.39, 0.29) is 12.4 Å². The molecule has 1 aliphatic rings. The summed E-state index contributed by atoms with van der Waals surface area (Å²) in [6.07, 6.45) is 0. The Bertz CT molecular complexity index is 1060. The number of benzene rings is 1. The first-order chi connectivity index (χ1) is 14.7. The molecule has 1 aliphatic heterocycles. The number of aromatic nitrogens is 3. The van der Waals surface area contributed by atoms with Crippen molar-refractivity contribution in [3.8, 4) is 23.1 Å². The minimum atomic E-state index is -0.132. The number of morpholine rings is 1. The number of anilines is 1. The van der Waals surface area contributed by atoms with E-state index in [1.807, 2.05) is 44.2 Å². The summed E-state index contributed by atoms with van der Waals surface area (Å²) in [5.74, 6) is 1.41. The number of rotatable bonds is 4. The van der Waals surface area contributed by atoms with Crippen molar-refractivity contribution < 1.29 is 14.6 Å². The Morgan fingerprint density at radius 2 is 1.90 bits per heavy atom. The average molecular weight is 407 g/mol. The van der Waals surface area contributed by atoms with Gasteiger partial charge in [0, 0.05) is 24.2 Å². The van der Waals surface area contributed by atoms with Gasteiger partial charge >= 0.3 is 0 Å². The van der Waals surface area contributed by atoms with Gasteiger partial charge in [-0.05, 0) is 30.3 Å². The molecule has 0 unspecified atom stereocenters. The van der Waals surface area contributed by atoms with E-state index in [0.29, 0.717) is 54.8 Å². The van der Waals surface area contributed by atoms with Gasteiger partial charge in [-0.2, -0.15) is 10.2 Å². The molecule has 1 aromatic carbocycles. The maximum absolute atomic E-state index is 9.57. The number of ether oxygens (including phenoxy) is 2. The van der Waals surface area contributed by atoms with E-state index < -0.39 is 0 Å². The zero-order valence-electron chi connectivity index (χ0n) is 17.4. The van der Waals surface area contributed by atoms with E-state index in [1.54, 1.807) is 13.2 Å². The largest absolute Gasteiger partial charge is 0.496 e. The van der Waals surface area contributed by atoms with Crippen LogP contribution in [0.3, 0.4) is 0 Å². The van der Waals surface area contributed by atoms with Crippen molar-refractivity contribution >= 4 is 16.9 Å². The lowest BCUT2D eigenvalue weighted by molar-refractivity contribution is 0.122. The molecule has 8 heteroatoms. The highest BCUT2D eigenvalue weighted by Gasteiger charge is 2.18. The molecule has 3 heterocycles. The molecule has 2 aromatic heterocycles. The fourth-order valence-electron chi connectivity index (χ4n) is 3.28. The fourth-order valence-corrected chi connectivity index (χ4v) is 3.28. The lowest BCUT2D eigenvalue weighted by Crippen LogP contribution is -2.37. The van der Waals surface area contributed by atoms with Gasteiger partial charge in [-0.15, -0.1) is 0 Å². The van der Waals surface area contributed by atoms with E-state index >= 15 is 0 Å². The number of nitriles is 1.